The van der Waals surface area contributed by atoms with Crippen LogP contribution in [0.3, 0.4) is 0 Å². The first kappa shape index (κ1) is 23.7. The van der Waals surface area contributed by atoms with Gasteiger partial charge in [0.05, 0.1) is 0 Å². The minimum Gasteiger partial charge on any atom is -0.382 e. The topological polar surface area (TPSA) is 58.6 Å². The standard InChI is InChI=1S/C20H29F3N2O3S/c1-3-28-13-7-12-25(19(27)20(21,22)23)17(16-11-10-14(2)29-16)18(26)24-15-8-5-4-6-9-15/h10-11,15,17H,3-9,12-13H2,1-2H3,(H,24,26)/t17-/m1/s1. The number of carbonyl (C=O) groups excluding carboxylic acids is 2. The van der Waals surface area contributed by atoms with Crippen molar-refractivity contribution in [2.75, 3.05) is 19.8 Å². The average molecular weight is 435 g/mol. The largest absolute Gasteiger partial charge is 0.471 e. The molecule has 1 N–H and O–H groups in total. The SMILES string of the molecule is CCOCCCN(C(=O)C(F)(F)F)[C@@H](C(=O)NC1CCCCC1)c1ccc(C)s1. The molecule has 0 aromatic carbocycles. The van der Waals surface area contributed by atoms with Gasteiger partial charge < -0.3 is 15.0 Å². The first-order chi connectivity index (χ1) is 13.7. The minimum atomic E-state index is -5.05. The summed E-state index contributed by atoms with van der Waals surface area (Å²) < 4.78 is 45.2. The fourth-order valence-corrected chi connectivity index (χ4v) is 4.53. The molecule has 2 rings (SSSR count). The van der Waals surface area contributed by atoms with Gasteiger partial charge in [-0.3, -0.25) is 9.59 Å². The second kappa shape index (κ2) is 11.0. The van der Waals surface area contributed by atoms with Crippen LogP contribution in [0.5, 0.6) is 0 Å². The number of carbonyl (C=O) groups is 2. The lowest BCUT2D eigenvalue weighted by molar-refractivity contribution is -0.189. The number of aryl methyl sites for hydroxylation is 1. The fraction of sp³-hybridized carbons (Fsp3) is 0.700. The Bertz CT molecular complexity index is 672. The zero-order valence-electron chi connectivity index (χ0n) is 16.9. The summed E-state index contributed by atoms with van der Waals surface area (Å²) >= 11 is 1.23. The summed E-state index contributed by atoms with van der Waals surface area (Å²) in [6.45, 7) is 4.04. The molecule has 0 aliphatic heterocycles. The van der Waals surface area contributed by atoms with Gasteiger partial charge in [0.15, 0.2) is 0 Å². The normalized spacial score (nSPS) is 16.4. The number of halogens is 3. The Labute approximate surface area is 173 Å². The number of ether oxygens (including phenoxy) is 1. The summed E-state index contributed by atoms with van der Waals surface area (Å²) in [5.41, 5.74) is 0. The maximum Gasteiger partial charge on any atom is 0.471 e. The summed E-state index contributed by atoms with van der Waals surface area (Å²) in [4.78, 5) is 27.3. The number of amides is 2. The highest BCUT2D eigenvalue weighted by molar-refractivity contribution is 7.12. The molecule has 29 heavy (non-hydrogen) atoms. The number of nitrogens with one attached hydrogen (secondary N) is 1. The Balaban J connectivity index is 2.29. The van der Waals surface area contributed by atoms with Gasteiger partial charge in [-0.15, -0.1) is 11.3 Å². The monoisotopic (exact) mass is 434 g/mol. The highest BCUT2D eigenvalue weighted by Crippen LogP contribution is 2.32. The van der Waals surface area contributed by atoms with Gasteiger partial charge in [0.25, 0.3) is 0 Å². The van der Waals surface area contributed by atoms with Crippen molar-refractivity contribution < 1.29 is 27.5 Å². The van der Waals surface area contributed by atoms with Crippen LogP contribution in [-0.2, 0) is 14.3 Å². The summed E-state index contributed by atoms with van der Waals surface area (Å²) in [7, 11) is 0. The Hall–Kier alpha value is -1.61. The first-order valence-electron chi connectivity index (χ1n) is 10.1. The number of hydrogen-bond acceptors (Lipinski definition) is 4. The van der Waals surface area contributed by atoms with E-state index in [1.165, 1.54) is 11.3 Å². The average Bonchev–Trinajstić information content (AvgIpc) is 3.09. The van der Waals surface area contributed by atoms with E-state index in [-0.39, 0.29) is 25.6 Å². The maximum atomic E-state index is 13.3. The molecule has 0 radical (unpaired) electrons. The van der Waals surface area contributed by atoms with Gasteiger partial charge >= 0.3 is 12.1 Å². The Morgan fingerprint density at radius 2 is 1.97 bits per heavy atom. The van der Waals surface area contributed by atoms with Gasteiger partial charge in [0.1, 0.15) is 6.04 Å². The van der Waals surface area contributed by atoms with E-state index < -0.39 is 24.0 Å². The summed E-state index contributed by atoms with van der Waals surface area (Å²) in [6, 6.07) is 2.01. The van der Waals surface area contributed by atoms with Crippen molar-refractivity contribution in [2.45, 2.75) is 70.6 Å². The second-order valence-electron chi connectivity index (χ2n) is 7.24. The number of nitrogens with zero attached hydrogens (tertiary/aromatic N) is 1. The van der Waals surface area contributed by atoms with E-state index in [0.717, 1.165) is 37.0 Å². The van der Waals surface area contributed by atoms with Crippen molar-refractivity contribution in [3.05, 3.63) is 21.9 Å². The van der Waals surface area contributed by atoms with Gasteiger partial charge in [-0.05, 0) is 45.2 Å². The molecule has 2 amide bonds. The number of rotatable bonds is 9. The molecular formula is C20H29F3N2O3S. The second-order valence-corrected chi connectivity index (χ2v) is 8.56. The van der Waals surface area contributed by atoms with Gasteiger partial charge in [-0.25, -0.2) is 0 Å². The van der Waals surface area contributed by atoms with E-state index in [0.29, 0.717) is 16.4 Å². The van der Waals surface area contributed by atoms with Crippen LogP contribution >= 0.6 is 11.3 Å². The van der Waals surface area contributed by atoms with Gasteiger partial charge in [-0.1, -0.05) is 19.3 Å². The van der Waals surface area contributed by atoms with Gasteiger partial charge in [-0.2, -0.15) is 13.2 Å². The zero-order chi connectivity index (χ0) is 21.4. The summed E-state index contributed by atoms with van der Waals surface area (Å²) in [5.74, 6) is -2.54. The molecular weight excluding hydrogens is 405 g/mol. The third kappa shape index (κ3) is 6.99. The van der Waals surface area contributed by atoms with Crippen molar-refractivity contribution in [2.24, 2.45) is 0 Å². The molecule has 9 heteroatoms. The smallest absolute Gasteiger partial charge is 0.382 e. The molecule has 1 saturated carbocycles. The number of alkyl halides is 3. The quantitative estimate of drug-likeness (QED) is 0.588. The van der Waals surface area contributed by atoms with E-state index in [2.05, 4.69) is 5.32 Å². The molecule has 0 unspecified atom stereocenters. The molecule has 1 aliphatic carbocycles. The van der Waals surface area contributed by atoms with Crippen molar-refractivity contribution >= 4 is 23.2 Å². The van der Waals surface area contributed by atoms with Crippen LogP contribution in [-0.4, -0.2) is 48.7 Å². The highest BCUT2D eigenvalue weighted by atomic mass is 32.1. The molecule has 0 spiro atoms. The summed E-state index contributed by atoms with van der Waals surface area (Å²) in [6.07, 6.45) is -0.177. The van der Waals surface area contributed by atoms with Crippen LogP contribution in [0.4, 0.5) is 13.2 Å². The predicted molar refractivity (Wildman–Crippen MR) is 106 cm³/mol. The van der Waals surface area contributed by atoms with Crippen molar-refractivity contribution in [1.82, 2.24) is 10.2 Å². The number of hydrogen-bond donors (Lipinski definition) is 1. The summed E-state index contributed by atoms with van der Waals surface area (Å²) in [5, 5.41) is 2.89. The molecule has 5 nitrogen and oxygen atoms in total. The fourth-order valence-electron chi connectivity index (χ4n) is 3.54. The molecule has 1 aliphatic rings. The Kier molecular flexibility index (Phi) is 8.95. The third-order valence-corrected chi connectivity index (χ3v) is 5.99. The Morgan fingerprint density at radius 3 is 2.52 bits per heavy atom. The van der Waals surface area contributed by atoms with Crippen molar-refractivity contribution in [3.8, 4) is 0 Å². The van der Waals surface area contributed by atoms with E-state index in [9.17, 15) is 22.8 Å². The van der Waals surface area contributed by atoms with Crippen molar-refractivity contribution in [3.63, 3.8) is 0 Å². The van der Waals surface area contributed by atoms with Crippen LogP contribution in [0.1, 0.15) is 61.2 Å². The molecule has 0 bridgehead atoms. The van der Waals surface area contributed by atoms with Gasteiger partial charge in [0.2, 0.25) is 5.91 Å². The minimum absolute atomic E-state index is 0.0638. The number of thiophene rings is 1. The van der Waals surface area contributed by atoms with E-state index in [1.807, 2.05) is 6.92 Å². The first-order valence-corrected chi connectivity index (χ1v) is 10.9. The molecule has 0 saturated heterocycles. The van der Waals surface area contributed by atoms with E-state index in [1.54, 1.807) is 19.1 Å². The molecule has 1 aromatic heterocycles. The molecule has 1 atom stereocenters. The predicted octanol–water partition coefficient (Wildman–Crippen LogP) is 4.36. The lowest BCUT2D eigenvalue weighted by atomic mass is 9.95. The van der Waals surface area contributed by atoms with Gasteiger partial charge in [0, 0.05) is 35.6 Å². The molecule has 164 valence electrons. The van der Waals surface area contributed by atoms with Crippen LogP contribution in [0, 0.1) is 6.92 Å². The maximum absolute atomic E-state index is 13.3. The van der Waals surface area contributed by atoms with Crippen LogP contribution < -0.4 is 5.32 Å². The van der Waals surface area contributed by atoms with E-state index >= 15 is 0 Å². The molecule has 1 aromatic rings. The Morgan fingerprint density at radius 1 is 1.28 bits per heavy atom. The lowest BCUT2D eigenvalue weighted by Gasteiger charge is -2.33. The zero-order valence-corrected chi connectivity index (χ0v) is 17.7. The molecule has 1 heterocycles. The van der Waals surface area contributed by atoms with Crippen LogP contribution in [0.15, 0.2) is 12.1 Å². The van der Waals surface area contributed by atoms with E-state index in [4.69, 9.17) is 4.74 Å². The van der Waals surface area contributed by atoms with Crippen molar-refractivity contribution in [1.29, 1.82) is 0 Å². The van der Waals surface area contributed by atoms with Crippen LogP contribution in [0.2, 0.25) is 0 Å². The molecule has 1 fully saturated rings. The highest BCUT2D eigenvalue weighted by Gasteiger charge is 2.46. The third-order valence-electron chi connectivity index (χ3n) is 4.94. The van der Waals surface area contributed by atoms with Crippen LogP contribution in [0.25, 0.3) is 0 Å². The lowest BCUT2D eigenvalue weighted by Crippen LogP contribution is -2.50.